The van der Waals surface area contributed by atoms with E-state index in [1.165, 1.54) is 6.20 Å². The van der Waals surface area contributed by atoms with Gasteiger partial charge in [0.1, 0.15) is 22.7 Å². The number of benzene rings is 2. The summed E-state index contributed by atoms with van der Waals surface area (Å²) in [5.41, 5.74) is 2.89. The van der Waals surface area contributed by atoms with Crippen molar-refractivity contribution < 1.29 is 13.9 Å². The second-order valence-electron chi connectivity index (χ2n) is 8.15. The monoisotopic (exact) mass is 510 g/mol. The molecule has 2 aromatic carbocycles. The first kappa shape index (κ1) is 24.7. The summed E-state index contributed by atoms with van der Waals surface area (Å²) in [4.78, 5) is 30.7. The van der Waals surface area contributed by atoms with Crippen molar-refractivity contribution in [3.05, 3.63) is 78.6 Å². The Balaban J connectivity index is 1.52. The lowest BCUT2D eigenvalue weighted by Gasteiger charge is -2.16. The number of carbonyl (C=O) groups is 1. The Morgan fingerprint density at radius 3 is 2.61 bits per heavy atom. The van der Waals surface area contributed by atoms with E-state index in [1.807, 2.05) is 61.6 Å². The molecule has 1 amide bonds. The Hall–Kier alpha value is -5.03. The second kappa shape index (κ2) is 11.4. The van der Waals surface area contributed by atoms with Gasteiger partial charge in [-0.25, -0.2) is 15.0 Å². The molecule has 11 heteroatoms. The van der Waals surface area contributed by atoms with Gasteiger partial charge in [0, 0.05) is 25.5 Å². The van der Waals surface area contributed by atoms with Crippen LogP contribution >= 0.6 is 0 Å². The fourth-order valence-corrected chi connectivity index (χ4v) is 3.79. The molecule has 0 spiro atoms. The van der Waals surface area contributed by atoms with Crippen molar-refractivity contribution in [3.63, 3.8) is 0 Å². The Morgan fingerprint density at radius 2 is 1.82 bits per heavy atom. The van der Waals surface area contributed by atoms with Crippen molar-refractivity contribution in [1.82, 2.24) is 30.6 Å². The number of aromatic nitrogens is 4. The number of amides is 1. The van der Waals surface area contributed by atoms with Gasteiger partial charge in [-0.3, -0.25) is 4.79 Å². The molecule has 11 nitrogen and oxygen atoms in total. The van der Waals surface area contributed by atoms with Gasteiger partial charge < -0.3 is 30.4 Å². The van der Waals surface area contributed by atoms with E-state index in [9.17, 15) is 4.79 Å². The van der Waals surface area contributed by atoms with Gasteiger partial charge in [-0.05, 0) is 43.4 Å². The molecule has 0 aliphatic rings. The van der Waals surface area contributed by atoms with Crippen LogP contribution in [0, 0.1) is 0 Å². The van der Waals surface area contributed by atoms with Crippen molar-refractivity contribution >= 4 is 40.3 Å². The summed E-state index contributed by atoms with van der Waals surface area (Å²) in [5, 5.41) is 12.2. The molecule has 0 unspecified atom stereocenters. The fraction of sp³-hybridized carbons (Fsp3) is 0.148. The molecule has 5 aromatic rings. The van der Waals surface area contributed by atoms with Crippen LogP contribution in [-0.4, -0.2) is 53.1 Å². The molecule has 0 saturated heterocycles. The molecular weight excluding hydrogens is 484 g/mol. The van der Waals surface area contributed by atoms with Crippen LogP contribution in [0.2, 0.25) is 0 Å². The predicted molar refractivity (Wildman–Crippen MR) is 145 cm³/mol. The first-order chi connectivity index (χ1) is 18.7. The summed E-state index contributed by atoms with van der Waals surface area (Å²) >= 11 is 0. The Kier molecular flexibility index (Phi) is 7.37. The molecule has 192 valence electrons. The minimum Gasteiger partial charge on any atom is -0.494 e. The van der Waals surface area contributed by atoms with E-state index in [4.69, 9.17) is 9.15 Å². The maximum Gasteiger partial charge on any atom is 0.256 e. The topological polar surface area (TPSA) is 139 Å². The number of pyridine rings is 1. The third-order valence-electron chi connectivity index (χ3n) is 5.60. The van der Waals surface area contributed by atoms with Crippen molar-refractivity contribution in [3.8, 4) is 17.2 Å². The summed E-state index contributed by atoms with van der Waals surface area (Å²) < 4.78 is 11.7. The molecule has 3 aromatic heterocycles. The van der Waals surface area contributed by atoms with Crippen molar-refractivity contribution in [1.29, 1.82) is 0 Å². The molecule has 0 fully saturated rings. The quantitative estimate of drug-likeness (QED) is 0.203. The number of fused-ring (bicyclic) bond motifs is 1. The number of hydrogen-bond acceptors (Lipinski definition) is 10. The number of likely N-dealkylation sites (N-methyl/N-ethyl adjacent to an activating group) is 1. The van der Waals surface area contributed by atoms with Crippen LogP contribution in [0.4, 0.5) is 23.3 Å². The summed E-state index contributed by atoms with van der Waals surface area (Å²) in [6.45, 7) is 1.06. The van der Waals surface area contributed by atoms with E-state index < -0.39 is 0 Å². The number of methoxy groups -OCH3 is 1. The zero-order chi connectivity index (χ0) is 26.3. The number of hydrogen-bond donors (Lipinski definition) is 4. The van der Waals surface area contributed by atoms with E-state index in [-0.39, 0.29) is 23.2 Å². The number of nitrogens with one attached hydrogen (secondary N) is 4. The van der Waals surface area contributed by atoms with E-state index in [0.717, 1.165) is 5.52 Å². The summed E-state index contributed by atoms with van der Waals surface area (Å²) in [6, 6.07) is 18.5. The molecular formula is C27H26N8O3. The van der Waals surface area contributed by atoms with Crippen LogP contribution in [0.3, 0.4) is 0 Å². The lowest BCUT2D eigenvalue weighted by molar-refractivity contribution is 0.0954. The molecule has 38 heavy (non-hydrogen) atoms. The number of rotatable bonds is 10. The summed E-state index contributed by atoms with van der Waals surface area (Å²) in [6.07, 6.45) is 3.12. The minimum atomic E-state index is -0.318. The second-order valence-corrected chi connectivity index (χ2v) is 8.15. The lowest BCUT2D eigenvalue weighted by Crippen LogP contribution is -2.31. The van der Waals surface area contributed by atoms with Crippen LogP contribution < -0.4 is 26.0 Å². The number of para-hydroxylation sites is 3. The fourth-order valence-electron chi connectivity index (χ4n) is 3.79. The first-order valence-corrected chi connectivity index (χ1v) is 11.9. The summed E-state index contributed by atoms with van der Waals surface area (Å²) in [5.74, 6) is 1.71. The Labute approximate surface area is 218 Å². The Bertz CT molecular complexity index is 1520. The smallest absolute Gasteiger partial charge is 0.256 e. The number of anilines is 4. The van der Waals surface area contributed by atoms with E-state index in [2.05, 4.69) is 41.2 Å². The maximum absolute atomic E-state index is 13.0. The van der Waals surface area contributed by atoms with Gasteiger partial charge in [-0.2, -0.15) is 4.98 Å². The Morgan fingerprint density at radius 1 is 0.947 bits per heavy atom. The zero-order valence-electron chi connectivity index (χ0n) is 20.9. The van der Waals surface area contributed by atoms with Crippen molar-refractivity contribution in [2.24, 2.45) is 0 Å². The third kappa shape index (κ3) is 5.37. The van der Waals surface area contributed by atoms with E-state index >= 15 is 0 Å². The largest absolute Gasteiger partial charge is 0.494 e. The molecule has 0 radical (unpaired) electrons. The highest BCUT2D eigenvalue weighted by Gasteiger charge is 2.20. The van der Waals surface area contributed by atoms with Crippen LogP contribution in [0.15, 0.2) is 77.5 Å². The molecule has 0 aliphatic heterocycles. The highest BCUT2D eigenvalue weighted by atomic mass is 16.5. The highest BCUT2D eigenvalue weighted by molar-refractivity contribution is 5.99. The highest BCUT2D eigenvalue weighted by Crippen LogP contribution is 2.38. The maximum atomic E-state index is 13.0. The average molecular weight is 511 g/mol. The van der Waals surface area contributed by atoms with Crippen LogP contribution in [0.1, 0.15) is 10.4 Å². The van der Waals surface area contributed by atoms with E-state index in [0.29, 0.717) is 47.4 Å². The molecule has 5 rings (SSSR count). The standard InChI is InChI=1S/C27H26N8O3/c1-28-14-15-30-25(36)18-16-31-27(34-22-12-5-6-13-29-22)35-24(18)32-20-10-7-8-17(23(20)37-2)26-33-19-9-3-4-11-21(19)38-26/h3-13,16,28H,14-15H2,1-2H3,(H,30,36)(H2,29,31,32,34,35). The van der Waals surface area contributed by atoms with Crippen LogP contribution in [0.25, 0.3) is 22.6 Å². The number of nitrogens with zero attached hydrogens (tertiary/aromatic N) is 4. The van der Waals surface area contributed by atoms with Gasteiger partial charge in [0.25, 0.3) is 5.91 Å². The minimum absolute atomic E-state index is 0.266. The van der Waals surface area contributed by atoms with Gasteiger partial charge in [-0.15, -0.1) is 0 Å². The SMILES string of the molecule is CNCCNC(=O)c1cnc(Nc2ccccn2)nc1Nc1cccc(-c2nc3ccccc3o2)c1OC. The van der Waals surface area contributed by atoms with Crippen LogP contribution in [-0.2, 0) is 0 Å². The van der Waals surface area contributed by atoms with Crippen molar-refractivity contribution in [2.75, 3.05) is 37.9 Å². The van der Waals surface area contributed by atoms with Crippen molar-refractivity contribution in [2.45, 2.75) is 0 Å². The van der Waals surface area contributed by atoms with E-state index in [1.54, 1.807) is 19.4 Å². The molecule has 0 bridgehead atoms. The molecule has 3 heterocycles. The lowest BCUT2D eigenvalue weighted by atomic mass is 10.1. The number of oxazole rings is 1. The van der Waals surface area contributed by atoms with Gasteiger partial charge >= 0.3 is 0 Å². The molecule has 0 aliphatic carbocycles. The molecule has 4 N–H and O–H groups in total. The number of carbonyl (C=O) groups excluding carboxylic acids is 1. The van der Waals surface area contributed by atoms with Gasteiger partial charge in [0.05, 0.1) is 18.4 Å². The first-order valence-electron chi connectivity index (χ1n) is 11.9. The summed E-state index contributed by atoms with van der Waals surface area (Å²) in [7, 11) is 3.38. The normalized spacial score (nSPS) is 10.8. The third-order valence-corrected chi connectivity index (χ3v) is 5.60. The van der Waals surface area contributed by atoms with Gasteiger partial charge in [-0.1, -0.05) is 24.3 Å². The average Bonchev–Trinajstić information content (AvgIpc) is 3.38. The zero-order valence-corrected chi connectivity index (χ0v) is 20.9. The predicted octanol–water partition coefficient (Wildman–Crippen LogP) is 4.12. The van der Waals surface area contributed by atoms with Gasteiger partial charge in [0.15, 0.2) is 11.3 Å². The van der Waals surface area contributed by atoms with Crippen LogP contribution in [0.5, 0.6) is 5.75 Å². The van der Waals surface area contributed by atoms with Gasteiger partial charge in [0.2, 0.25) is 11.8 Å². The number of ether oxygens (including phenoxy) is 1. The molecule has 0 atom stereocenters. The molecule has 0 saturated carbocycles.